The van der Waals surface area contributed by atoms with Crippen LogP contribution in [-0.4, -0.2) is 42.5 Å². The van der Waals surface area contributed by atoms with E-state index in [1.165, 1.54) is 49.1 Å². The first-order chi connectivity index (χ1) is 9.35. The fraction of sp³-hybridized carbons (Fsp3) is 0.412. The number of hydrogen-bond donors (Lipinski definition) is 0. The average molecular weight is 254 g/mol. The molecular formula is C17H22N2. The molecule has 0 amide bonds. The molecule has 100 valence electrons. The van der Waals surface area contributed by atoms with Crippen molar-refractivity contribution >= 4 is 10.8 Å². The molecule has 1 heterocycles. The van der Waals surface area contributed by atoms with E-state index in [4.69, 9.17) is 0 Å². The molecule has 0 atom stereocenters. The number of hydrogen-bond acceptors (Lipinski definition) is 2. The summed E-state index contributed by atoms with van der Waals surface area (Å²) in [6.07, 6.45) is 0. The molecule has 0 saturated carbocycles. The van der Waals surface area contributed by atoms with E-state index in [-0.39, 0.29) is 0 Å². The highest BCUT2D eigenvalue weighted by Crippen LogP contribution is 2.17. The molecule has 19 heavy (non-hydrogen) atoms. The van der Waals surface area contributed by atoms with Crippen LogP contribution >= 0.6 is 0 Å². The van der Waals surface area contributed by atoms with E-state index in [0.717, 1.165) is 6.54 Å². The Balaban J connectivity index is 1.68. The summed E-state index contributed by atoms with van der Waals surface area (Å²) in [5, 5.41) is 2.69. The summed E-state index contributed by atoms with van der Waals surface area (Å²) >= 11 is 0. The van der Waals surface area contributed by atoms with Gasteiger partial charge in [-0.1, -0.05) is 43.3 Å². The van der Waals surface area contributed by atoms with Crippen LogP contribution in [0.15, 0.2) is 42.5 Å². The van der Waals surface area contributed by atoms with Gasteiger partial charge in [0.2, 0.25) is 0 Å². The molecule has 0 aromatic heterocycles. The standard InChI is InChI=1S/C17H22N2/c1-2-18-9-11-19(12-10-18)14-15-7-8-16-5-3-4-6-17(16)13-15/h3-8,13H,2,9-12,14H2,1H3. The van der Waals surface area contributed by atoms with Crippen molar-refractivity contribution in [1.82, 2.24) is 9.80 Å². The fourth-order valence-electron chi connectivity index (χ4n) is 2.86. The van der Waals surface area contributed by atoms with Crippen LogP contribution in [0.4, 0.5) is 0 Å². The van der Waals surface area contributed by atoms with E-state index >= 15 is 0 Å². The summed E-state index contributed by atoms with van der Waals surface area (Å²) in [6, 6.07) is 15.5. The van der Waals surface area contributed by atoms with Gasteiger partial charge in [0.15, 0.2) is 0 Å². The van der Waals surface area contributed by atoms with Crippen molar-refractivity contribution in [3.63, 3.8) is 0 Å². The molecule has 1 saturated heterocycles. The van der Waals surface area contributed by atoms with Crippen LogP contribution in [0.2, 0.25) is 0 Å². The van der Waals surface area contributed by atoms with Crippen molar-refractivity contribution in [1.29, 1.82) is 0 Å². The first-order valence-electron chi connectivity index (χ1n) is 7.27. The largest absolute Gasteiger partial charge is 0.301 e. The monoisotopic (exact) mass is 254 g/mol. The van der Waals surface area contributed by atoms with Crippen LogP contribution in [0.5, 0.6) is 0 Å². The number of rotatable bonds is 3. The minimum absolute atomic E-state index is 1.09. The van der Waals surface area contributed by atoms with Crippen molar-refractivity contribution < 1.29 is 0 Å². The first kappa shape index (κ1) is 12.6. The van der Waals surface area contributed by atoms with Gasteiger partial charge in [-0.3, -0.25) is 4.90 Å². The molecule has 0 aliphatic carbocycles. The molecule has 1 aliphatic heterocycles. The van der Waals surface area contributed by atoms with Crippen LogP contribution in [0.25, 0.3) is 10.8 Å². The van der Waals surface area contributed by atoms with E-state index in [1.54, 1.807) is 0 Å². The minimum atomic E-state index is 1.09. The molecule has 0 N–H and O–H groups in total. The van der Waals surface area contributed by atoms with Gasteiger partial charge in [0.05, 0.1) is 0 Å². The highest BCUT2D eigenvalue weighted by Gasteiger charge is 2.15. The summed E-state index contributed by atoms with van der Waals surface area (Å²) in [5.41, 5.74) is 1.43. The van der Waals surface area contributed by atoms with Gasteiger partial charge in [-0.15, -0.1) is 0 Å². The van der Waals surface area contributed by atoms with Crippen LogP contribution < -0.4 is 0 Å². The molecule has 1 fully saturated rings. The molecule has 2 aromatic carbocycles. The lowest BCUT2D eigenvalue weighted by Crippen LogP contribution is -2.45. The highest BCUT2D eigenvalue weighted by molar-refractivity contribution is 5.82. The minimum Gasteiger partial charge on any atom is -0.301 e. The van der Waals surface area contributed by atoms with Gasteiger partial charge in [0, 0.05) is 32.7 Å². The van der Waals surface area contributed by atoms with E-state index in [9.17, 15) is 0 Å². The quantitative estimate of drug-likeness (QED) is 0.831. The third kappa shape index (κ3) is 2.96. The number of fused-ring (bicyclic) bond motifs is 1. The summed E-state index contributed by atoms with van der Waals surface area (Å²) in [7, 11) is 0. The van der Waals surface area contributed by atoms with Gasteiger partial charge < -0.3 is 4.90 Å². The second kappa shape index (κ2) is 5.72. The lowest BCUT2D eigenvalue weighted by molar-refractivity contribution is 0.132. The highest BCUT2D eigenvalue weighted by atomic mass is 15.3. The summed E-state index contributed by atoms with van der Waals surface area (Å²) in [5.74, 6) is 0. The van der Waals surface area contributed by atoms with E-state index in [2.05, 4.69) is 59.2 Å². The third-order valence-electron chi connectivity index (χ3n) is 4.13. The Labute approximate surface area is 115 Å². The zero-order valence-corrected chi connectivity index (χ0v) is 11.7. The first-order valence-corrected chi connectivity index (χ1v) is 7.27. The molecule has 0 radical (unpaired) electrons. The van der Waals surface area contributed by atoms with Crippen molar-refractivity contribution in [3.05, 3.63) is 48.0 Å². The normalized spacial score (nSPS) is 17.9. The van der Waals surface area contributed by atoms with Crippen molar-refractivity contribution in [2.45, 2.75) is 13.5 Å². The van der Waals surface area contributed by atoms with Crippen LogP contribution in [0.1, 0.15) is 12.5 Å². The van der Waals surface area contributed by atoms with E-state index in [0.29, 0.717) is 0 Å². The van der Waals surface area contributed by atoms with Crippen molar-refractivity contribution in [3.8, 4) is 0 Å². The second-order valence-electron chi connectivity index (χ2n) is 5.39. The lowest BCUT2D eigenvalue weighted by atomic mass is 10.1. The Kier molecular flexibility index (Phi) is 3.81. The predicted molar refractivity (Wildman–Crippen MR) is 81.3 cm³/mol. The number of benzene rings is 2. The Bertz CT molecular complexity index is 542. The SMILES string of the molecule is CCN1CCN(Cc2ccc3ccccc3c2)CC1. The molecule has 0 bridgehead atoms. The van der Waals surface area contributed by atoms with E-state index in [1.807, 2.05) is 0 Å². The summed E-state index contributed by atoms with van der Waals surface area (Å²) in [4.78, 5) is 5.09. The fourth-order valence-corrected chi connectivity index (χ4v) is 2.86. The molecule has 2 nitrogen and oxygen atoms in total. The second-order valence-corrected chi connectivity index (χ2v) is 5.39. The molecule has 1 aliphatic rings. The summed E-state index contributed by atoms with van der Waals surface area (Å²) < 4.78 is 0. The molecule has 0 unspecified atom stereocenters. The average Bonchev–Trinajstić information content (AvgIpc) is 2.48. The van der Waals surface area contributed by atoms with Gasteiger partial charge in [0.25, 0.3) is 0 Å². The van der Waals surface area contributed by atoms with Gasteiger partial charge in [-0.05, 0) is 28.9 Å². The van der Waals surface area contributed by atoms with Gasteiger partial charge in [-0.2, -0.15) is 0 Å². The van der Waals surface area contributed by atoms with E-state index < -0.39 is 0 Å². The molecule has 2 heteroatoms. The predicted octanol–water partition coefficient (Wildman–Crippen LogP) is 2.98. The van der Waals surface area contributed by atoms with Crippen LogP contribution in [0.3, 0.4) is 0 Å². The summed E-state index contributed by atoms with van der Waals surface area (Å²) in [6.45, 7) is 9.33. The molecular weight excluding hydrogens is 232 g/mol. The smallest absolute Gasteiger partial charge is 0.0235 e. The molecule has 2 aromatic rings. The third-order valence-corrected chi connectivity index (χ3v) is 4.13. The zero-order chi connectivity index (χ0) is 13.1. The lowest BCUT2D eigenvalue weighted by Gasteiger charge is -2.34. The zero-order valence-electron chi connectivity index (χ0n) is 11.7. The maximum Gasteiger partial charge on any atom is 0.0235 e. The van der Waals surface area contributed by atoms with Gasteiger partial charge >= 0.3 is 0 Å². The Hall–Kier alpha value is -1.38. The van der Waals surface area contributed by atoms with Crippen molar-refractivity contribution in [2.75, 3.05) is 32.7 Å². The molecule has 3 rings (SSSR count). The van der Waals surface area contributed by atoms with Crippen LogP contribution in [-0.2, 0) is 6.54 Å². The molecule has 0 spiro atoms. The van der Waals surface area contributed by atoms with Gasteiger partial charge in [-0.25, -0.2) is 0 Å². The number of piperazine rings is 1. The Morgan fingerprint density at radius 1 is 0.842 bits per heavy atom. The topological polar surface area (TPSA) is 6.48 Å². The maximum absolute atomic E-state index is 2.57. The number of nitrogens with zero attached hydrogens (tertiary/aromatic N) is 2. The van der Waals surface area contributed by atoms with Gasteiger partial charge in [0.1, 0.15) is 0 Å². The maximum atomic E-state index is 2.57. The number of likely N-dealkylation sites (N-methyl/N-ethyl adjacent to an activating group) is 1. The van der Waals surface area contributed by atoms with Crippen molar-refractivity contribution in [2.24, 2.45) is 0 Å². The van der Waals surface area contributed by atoms with Crippen LogP contribution in [0, 0.1) is 0 Å². The Morgan fingerprint density at radius 2 is 1.53 bits per heavy atom. The Morgan fingerprint density at radius 3 is 2.26 bits per heavy atom.